The quantitative estimate of drug-likeness (QED) is 0.761. The lowest BCUT2D eigenvalue weighted by Crippen LogP contribution is -2.35. The Morgan fingerprint density at radius 3 is 2.84 bits per heavy atom. The molecule has 2 unspecified atom stereocenters. The third-order valence-corrected chi connectivity index (χ3v) is 4.64. The van der Waals surface area contributed by atoms with Crippen molar-refractivity contribution >= 4 is 29.0 Å². The molecule has 7 heteroatoms. The number of carbonyl (C=O) groups is 1. The van der Waals surface area contributed by atoms with E-state index in [-0.39, 0.29) is 22.2 Å². The molecular formula is C12H17F2NO2S2. The topological polar surface area (TPSA) is 49.3 Å². The molecular weight excluding hydrogens is 292 g/mol. The molecule has 0 aliphatic heterocycles. The molecule has 108 valence electrons. The maximum atomic E-state index is 12.3. The van der Waals surface area contributed by atoms with Crippen LogP contribution in [0.1, 0.15) is 29.9 Å². The highest BCUT2D eigenvalue weighted by molar-refractivity contribution is 7.99. The molecule has 0 spiro atoms. The van der Waals surface area contributed by atoms with Crippen molar-refractivity contribution in [2.75, 3.05) is 6.54 Å². The fourth-order valence-electron chi connectivity index (χ4n) is 1.40. The number of carbonyl (C=O) groups excluding carboxylic acids is 1. The third-order valence-electron chi connectivity index (χ3n) is 2.82. The van der Waals surface area contributed by atoms with E-state index in [1.165, 1.54) is 6.07 Å². The van der Waals surface area contributed by atoms with Crippen LogP contribution in [0.15, 0.2) is 16.3 Å². The Labute approximate surface area is 119 Å². The maximum absolute atomic E-state index is 12.3. The molecule has 0 radical (unpaired) electrons. The largest absolute Gasteiger partial charge is 0.391 e. The Bertz CT molecular complexity index is 412. The number of hydrogen-bond acceptors (Lipinski definition) is 4. The van der Waals surface area contributed by atoms with E-state index in [0.29, 0.717) is 11.8 Å². The summed E-state index contributed by atoms with van der Waals surface area (Å²) in [6.45, 7) is 3.97. The van der Waals surface area contributed by atoms with Gasteiger partial charge in [-0.25, -0.2) is 0 Å². The average molecular weight is 309 g/mol. The van der Waals surface area contributed by atoms with Crippen LogP contribution in [0, 0.1) is 5.92 Å². The molecule has 0 saturated carbocycles. The normalized spacial score (nSPS) is 14.4. The number of rotatable bonds is 7. The SMILES string of the molecule is CCC(C)C(O)CNC(=O)c1sccc1SC(F)F. The molecule has 19 heavy (non-hydrogen) atoms. The summed E-state index contributed by atoms with van der Waals surface area (Å²) < 4.78 is 24.6. The van der Waals surface area contributed by atoms with Crippen molar-refractivity contribution in [1.29, 1.82) is 0 Å². The summed E-state index contributed by atoms with van der Waals surface area (Å²) in [7, 11) is 0. The van der Waals surface area contributed by atoms with E-state index in [1.807, 2.05) is 13.8 Å². The molecule has 0 aliphatic carbocycles. The highest BCUT2D eigenvalue weighted by atomic mass is 32.2. The number of thiophene rings is 1. The summed E-state index contributed by atoms with van der Waals surface area (Å²) in [6.07, 6.45) is 0.183. The maximum Gasteiger partial charge on any atom is 0.288 e. The number of alkyl halides is 2. The van der Waals surface area contributed by atoms with E-state index in [9.17, 15) is 18.7 Å². The van der Waals surface area contributed by atoms with Gasteiger partial charge in [0.05, 0.1) is 6.10 Å². The third kappa shape index (κ3) is 5.08. The fraction of sp³-hybridized carbons (Fsp3) is 0.583. The van der Waals surface area contributed by atoms with Crippen LogP contribution in [-0.4, -0.2) is 29.4 Å². The first-order valence-electron chi connectivity index (χ1n) is 5.94. The van der Waals surface area contributed by atoms with Crippen LogP contribution in [0.25, 0.3) is 0 Å². The van der Waals surface area contributed by atoms with Gasteiger partial charge < -0.3 is 10.4 Å². The standard InChI is InChI=1S/C12H17F2NO2S2/c1-3-7(2)8(16)6-15-11(17)10-9(4-5-18-10)19-12(13)14/h4-5,7-8,12,16H,3,6H2,1-2H3,(H,15,17). The Hall–Kier alpha value is -0.660. The van der Waals surface area contributed by atoms with Crippen molar-refractivity contribution in [3.8, 4) is 0 Å². The second kappa shape index (κ2) is 7.81. The number of thioether (sulfide) groups is 1. The van der Waals surface area contributed by atoms with Gasteiger partial charge in [-0.05, 0) is 17.4 Å². The van der Waals surface area contributed by atoms with Gasteiger partial charge in [0.25, 0.3) is 11.7 Å². The van der Waals surface area contributed by atoms with Gasteiger partial charge in [0, 0.05) is 11.4 Å². The summed E-state index contributed by atoms with van der Waals surface area (Å²) in [6, 6.07) is 1.50. The van der Waals surface area contributed by atoms with Gasteiger partial charge in [0.1, 0.15) is 4.88 Å². The second-order valence-corrected chi connectivity index (χ2v) is 6.10. The second-order valence-electron chi connectivity index (χ2n) is 4.16. The molecule has 3 nitrogen and oxygen atoms in total. The zero-order chi connectivity index (χ0) is 14.4. The van der Waals surface area contributed by atoms with Crippen molar-refractivity contribution < 1.29 is 18.7 Å². The molecule has 0 aromatic carbocycles. The molecule has 1 heterocycles. The van der Waals surface area contributed by atoms with Gasteiger partial charge in [0.2, 0.25) is 0 Å². The van der Waals surface area contributed by atoms with E-state index in [2.05, 4.69) is 5.32 Å². The van der Waals surface area contributed by atoms with E-state index in [1.54, 1.807) is 5.38 Å². The minimum Gasteiger partial charge on any atom is -0.391 e. The molecule has 0 saturated heterocycles. The summed E-state index contributed by atoms with van der Waals surface area (Å²) in [4.78, 5) is 12.4. The Balaban J connectivity index is 2.56. The van der Waals surface area contributed by atoms with Crippen molar-refractivity contribution in [3.05, 3.63) is 16.3 Å². The van der Waals surface area contributed by atoms with Gasteiger partial charge in [-0.1, -0.05) is 32.0 Å². The average Bonchev–Trinajstić information content (AvgIpc) is 2.81. The summed E-state index contributed by atoms with van der Waals surface area (Å²) >= 11 is 1.48. The molecule has 0 aliphatic rings. The van der Waals surface area contributed by atoms with E-state index < -0.39 is 17.8 Å². The summed E-state index contributed by atoms with van der Waals surface area (Å²) in [5.41, 5.74) is 0. The lowest BCUT2D eigenvalue weighted by Gasteiger charge is -2.17. The molecule has 0 fully saturated rings. The first kappa shape index (κ1) is 16.4. The molecule has 1 aromatic rings. The van der Waals surface area contributed by atoms with Crippen molar-refractivity contribution in [2.24, 2.45) is 5.92 Å². The van der Waals surface area contributed by atoms with Gasteiger partial charge in [-0.15, -0.1) is 11.3 Å². The lowest BCUT2D eigenvalue weighted by atomic mass is 10.0. The number of hydrogen-bond donors (Lipinski definition) is 2. The zero-order valence-corrected chi connectivity index (χ0v) is 12.4. The van der Waals surface area contributed by atoms with E-state index in [4.69, 9.17) is 0 Å². The first-order chi connectivity index (χ1) is 8.95. The highest BCUT2D eigenvalue weighted by Crippen LogP contribution is 2.31. The first-order valence-corrected chi connectivity index (χ1v) is 7.70. The number of aliphatic hydroxyl groups excluding tert-OH is 1. The van der Waals surface area contributed by atoms with Crippen molar-refractivity contribution in [1.82, 2.24) is 5.32 Å². The van der Waals surface area contributed by atoms with Crippen LogP contribution in [0.2, 0.25) is 0 Å². The van der Waals surface area contributed by atoms with Crippen molar-refractivity contribution in [2.45, 2.75) is 37.0 Å². The van der Waals surface area contributed by atoms with Gasteiger partial charge >= 0.3 is 0 Å². The molecule has 1 rings (SSSR count). The number of aliphatic hydroxyl groups is 1. The number of nitrogens with one attached hydrogen (secondary N) is 1. The molecule has 1 amide bonds. The Morgan fingerprint density at radius 2 is 2.26 bits per heavy atom. The highest BCUT2D eigenvalue weighted by Gasteiger charge is 2.19. The van der Waals surface area contributed by atoms with Crippen LogP contribution in [0.5, 0.6) is 0 Å². The number of amides is 1. The summed E-state index contributed by atoms with van der Waals surface area (Å²) in [5.74, 6) is -2.88. The monoisotopic (exact) mass is 309 g/mol. The predicted octanol–water partition coefficient (Wildman–Crippen LogP) is 3.20. The van der Waals surface area contributed by atoms with Crippen LogP contribution in [0.3, 0.4) is 0 Å². The minimum atomic E-state index is -2.55. The lowest BCUT2D eigenvalue weighted by molar-refractivity contribution is 0.0851. The fourth-order valence-corrected chi connectivity index (χ4v) is 3.02. The van der Waals surface area contributed by atoms with Gasteiger partial charge in [-0.3, -0.25) is 4.79 Å². The molecule has 1 aromatic heterocycles. The zero-order valence-electron chi connectivity index (χ0n) is 10.7. The predicted molar refractivity (Wildman–Crippen MR) is 74.0 cm³/mol. The smallest absolute Gasteiger partial charge is 0.288 e. The van der Waals surface area contributed by atoms with Crippen LogP contribution < -0.4 is 5.32 Å². The summed E-state index contributed by atoms with van der Waals surface area (Å²) in [5, 5.41) is 13.9. The van der Waals surface area contributed by atoms with E-state index in [0.717, 1.165) is 17.8 Å². The van der Waals surface area contributed by atoms with Gasteiger partial charge in [0.15, 0.2) is 0 Å². The Morgan fingerprint density at radius 1 is 1.58 bits per heavy atom. The molecule has 2 atom stereocenters. The van der Waals surface area contributed by atoms with Gasteiger partial charge in [-0.2, -0.15) is 8.78 Å². The van der Waals surface area contributed by atoms with Crippen LogP contribution >= 0.6 is 23.1 Å². The van der Waals surface area contributed by atoms with Crippen molar-refractivity contribution in [3.63, 3.8) is 0 Å². The number of halogens is 2. The molecule has 0 bridgehead atoms. The van der Waals surface area contributed by atoms with Crippen LogP contribution in [0.4, 0.5) is 8.78 Å². The minimum absolute atomic E-state index is 0.0820. The van der Waals surface area contributed by atoms with Crippen LogP contribution in [-0.2, 0) is 0 Å². The van der Waals surface area contributed by atoms with E-state index >= 15 is 0 Å². The molecule has 2 N–H and O–H groups in total. The Kier molecular flexibility index (Phi) is 6.74.